The zero-order valence-corrected chi connectivity index (χ0v) is 12.5. The summed E-state index contributed by atoms with van der Waals surface area (Å²) in [7, 11) is -1.40. The van der Waals surface area contributed by atoms with E-state index in [4.69, 9.17) is 0 Å². The quantitative estimate of drug-likeness (QED) is 0.879. The number of para-hydroxylation sites is 1. The van der Waals surface area contributed by atoms with E-state index in [0.717, 1.165) is 5.69 Å². The Hall–Kier alpha value is -1.60. The molecule has 1 fully saturated rings. The molecule has 0 aliphatic carbocycles. The monoisotopic (exact) mass is 297 g/mol. The predicted octanol–water partition coefficient (Wildman–Crippen LogP) is 0.446. The van der Waals surface area contributed by atoms with Gasteiger partial charge < -0.3 is 10.2 Å². The fourth-order valence-electron chi connectivity index (χ4n) is 2.28. The lowest BCUT2D eigenvalue weighted by molar-refractivity contribution is 0.0699. The summed E-state index contributed by atoms with van der Waals surface area (Å²) in [5.74, 6) is -0.0666. The number of benzene rings is 1. The fourth-order valence-corrected chi connectivity index (χ4v) is 3.11. The van der Waals surface area contributed by atoms with E-state index >= 15 is 0 Å². The van der Waals surface area contributed by atoms with E-state index in [0.29, 0.717) is 31.7 Å². The maximum atomic E-state index is 12.5. The normalized spacial score (nSPS) is 17.0. The highest BCUT2D eigenvalue weighted by atomic mass is 32.2. The fraction of sp³-hybridized carbons (Fsp3) is 0.462. The Morgan fingerprint density at radius 2 is 1.75 bits per heavy atom. The highest BCUT2D eigenvalue weighted by Crippen LogP contribution is 2.18. The van der Waals surface area contributed by atoms with Crippen LogP contribution in [0.15, 0.2) is 24.3 Å². The predicted molar refractivity (Wildman–Crippen MR) is 78.3 cm³/mol. The van der Waals surface area contributed by atoms with Gasteiger partial charge in [0.05, 0.1) is 11.8 Å². The maximum absolute atomic E-state index is 12.5. The standard InChI is InChI=1S/C13H19N3O3S/c1-14-12-6-4-3-5-11(12)13(17)15-7-9-16(10-8-15)20(2,18)19/h3-6,14H,7-10H2,1-2H3. The van der Waals surface area contributed by atoms with Gasteiger partial charge in [0.1, 0.15) is 0 Å². The van der Waals surface area contributed by atoms with E-state index < -0.39 is 10.0 Å². The smallest absolute Gasteiger partial charge is 0.256 e. The van der Waals surface area contributed by atoms with Gasteiger partial charge in [-0.2, -0.15) is 4.31 Å². The number of rotatable bonds is 3. The topological polar surface area (TPSA) is 69.7 Å². The highest BCUT2D eigenvalue weighted by Gasteiger charge is 2.27. The largest absolute Gasteiger partial charge is 0.387 e. The van der Waals surface area contributed by atoms with Crippen LogP contribution in [0.25, 0.3) is 0 Å². The second-order valence-electron chi connectivity index (χ2n) is 4.75. The number of piperazine rings is 1. The van der Waals surface area contributed by atoms with Gasteiger partial charge in [-0.05, 0) is 12.1 Å². The van der Waals surface area contributed by atoms with Crippen LogP contribution in [0.2, 0.25) is 0 Å². The molecule has 1 heterocycles. The first-order valence-electron chi connectivity index (χ1n) is 6.44. The van der Waals surface area contributed by atoms with Crippen molar-refractivity contribution in [2.45, 2.75) is 0 Å². The van der Waals surface area contributed by atoms with Crippen molar-refractivity contribution in [3.63, 3.8) is 0 Å². The molecule has 1 amide bonds. The molecule has 20 heavy (non-hydrogen) atoms. The number of hydrogen-bond acceptors (Lipinski definition) is 4. The van der Waals surface area contributed by atoms with E-state index in [1.807, 2.05) is 18.2 Å². The Morgan fingerprint density at radius 1 is 1.15 bits per heavy atom. The molecular formula is C13H19N3O3S. The molecule has 0 bridgehead atoms. The molecule has 0 spiro atoms. The van der Waals surface area contributed by atoms with Gasteiger partial charge in [-0.25, -0.2) is 8.42 Å². The Kier molecular flexibility index (Phi) is 4.29. The molecule has 0 unspecified atom stereocenters. The molecule has 1 aliphatic heterocycles. The zero-order chi connectivity index (χ0) is 14.8. The minimum atomic E-state index is -3.17. The number of anilines is 1. The van der Waals surface area contributed by atoms with Crippen LogP contribution in [0.4, 0.5) is 5.69 Å². The molecule has 1 aliphatic rings. The molecule has 0 saturated carbocycles. The van der Waals surface area contributed by atoms with E-state index in [2.05, 4.69) is 5.32 Å². The molecule has 1 aromatic carbocycles. The van der Waals surface area contributed by atoms with Crippen molar-refractivity contribution in [1.82, 2.24) is 9.21 Å². The summed E-state index contributed by atoms with van der Waals surface area (Å²) in [5.41, 5.74) is 1.39. The first-order valence-corrected chi connectivity index (χ1v) is 8.29. The summed E-state index contributed by atoms with van der Waals surface area (Å²) in [6, 6.07) is 7.31. The minimum Gasteiger partial charge on any atom is -0.387 e. The van der Waals surface area contributed by atoms with Gasteiger partial charge in [0.25, 0.3) is 5.91 Å². The van der Waals surface area contributed by atoms with Crippen molar-refractivity contribution in [3.8, 4) is 0 Å². The third kappa shape index (κ3) is 3.10. The van der Waals surface area contributed by atoms with Gasteiger partial charge in [0.15, 0.2) is 0 Å². The number of amides is 1. The first-order chi connectivity index (χ1) is 9.43. The molecule has 110 valence electrons. The van der Waals surface area contributed by atoms with Crippen LogP contribution in [0, 0.1) is 0 Å². The molecule has 1 saturated heterocycles. The average molecular weight is 297 g/mol. The number of carbonyl (C=O) groups excluding carboxylic acids is 1. The van der Waals surface area contributed by atoms with Crippen LogP contribution in [-0.2, 0) is 10.0 Å². The van der Waals surface area contributed by atoms with E-state index in [1.165, 1.54) is 10.6 Å². The minimum absolute atomic E-state index is 0.0666. The van der Waals surface area contributed by atoms with E-state index in [9.17, 15) is 13.2 Å². The van der Waals surface area contributed by atoms with Gasteiger partial charge in [0.2, 0.25) is 10.0 Å². The molecule has 1 aromatic rings. The molecule has 7 heteroatoms. The van der Waals surface area contributed by atoms with Crippen LogP contribution in [0.3, 0.4) is 0 Å². The number of nitrogens with one attached hydrogen (secondary N) is 1. The number of nitrogens with zero attached hydrogens (tertiary/aromatic N) is 2. The molecule has 6 nitrogen and oxygen atoms in total. The molecule has 1 N–H and O–H groups in total. The van der Waals surface area contributed by atoms with Crippen LogP contribution >= 0.6 is 0 Å². The molecule has 0 radical (unpaired) electrons. The van der Waals surface area contributed by atoms with Crippen LogP contribution in [0.1, 0.15) is 10.4 Å². The third-order valence-corrected chi connectivity index (χ3v) is 4.72. The van der Waals surface area contributed by atoms with E-state index in [1.54, 1.807) is 18.0 Å². The van der Waals surface area contributed by atoms with Crippen molar-refractivity contribution in [3.05, 3.63) is 29.8 Å². The molecule has 0 atom stereocenters. The second kappa shape index (κ2) is 5.80. The van der Waals surface area contributed by atoms with Crippen molar-refractivity contribution in [2.24, 2.45) is 0 Å². The van der Waals surface area contributed by atoms with Crippen LogP contribution in [0.5, 0.6) is 0 Å². The lowest BCUT2D eigenvalue weighted by Gasteiger charge is -2.33. The zero-order valence-electron chi connectivity index (χ0n) is 11.7. The lowest BCUT2D eigenvalue weighted by Crippen LogP contribution is -2.50. The van der Waals surface area contributed by atoms with Crippen LogP contribution in [-0.4, -0.2) is 63.0 Å². The Balaban J connectivity index is 2.09. The Bertz CT molecular complexity index is 593. The second-order valence-corrected chi connectivity index (χ2v) is 6.73. The van der Waals surface area contributed by atoms with Gasteiger partial charge in [0, 0.05) is 38.9 Å². The third-order valence-electron chi connectivity index (χ3n) is 3.42. The van der Waals surface area contributed by atoms with Crippen LogP contribution < -0.4 is 5.32 Å². The van der Waals surface area contributed by atoms with Gasteiger partial charge in [-0.1, -0.05) is 12.1 Å². The molecule has 0 aromatic heterocycles. The summed E-state index contributed by atoms with van der Waals surface area (Å²) in [4.78, 5) is 14.1. The lowest BCUT2D eigenvalue weighted by atomic mass is 10.1. The van der Waals surface area contributed by atoms with E-state index in [-0.39, 0.29) is 5.91 Å². The van der Waals surface area contributed by atoms with Gasteiger partial charge >= 0.3 is 0 Å². The first kappa shape index (κ1) is 14.8. The number of sulfonamides is 1. The number of hydrogen-bond donors (Lipinski definition) is 1. The van der Waals surface area contributed by atoms with Gasteiger partial charge in [-0.3, -0.25) is 4.79 Å². The highest BCUT2D eigenvalue weighted by molar-refractivity contribution is 7.88. The Labute approximate surface area is 119 Å². The SMILES string of the molecule is CNc1ccccc1C(=O)N1CCN(S(C)(=O)=O)CC1. The van der Waals surface area contributed by atoms with Gasteiger partial charge in [-0.15, -0.1) is 0 Å². The molecule has 2 rings (SSSR count). The van der Waals surface area contributed by atoms with Crippen molar-refractivity contribution < 1.29 is 13.2 Å². The summed E-state index contributed by atoms with van der Waals surface area (Å²) >= 11 is 0. The maximum Gasteiger partial charge on any atom is 0.256 e. The van der Waals surface area contributed by atoms with Crippen molar-refractivity contribution >= 4 is 21.6 Å². The Morgan fingerprint density at radius 3 is 2.30 bits per heavy atom. The number of carbonyl (C=O) groups is 1. The van der Waals surface area contributed by atoms with Crippen molar-refractivity contribution in [1.29, 1.82) is 0 Å². The average Bonchev–Trinajstić information content (AvgIpc) is 2.45. The summed E-state index contributed by atoms with van der Waals surface area (Å²) < 4.78 is 24.3. The molecular weight excluding hydrogens is 278 g/mol. The summed E-state index contributed by atoms with van der Waals surface area (Å²) in [6.45, 7) is 1.55. The summed E-state index contributed by atoms with van der Waals surface area (Å²) in [5, 5.41) is 2.99. The van der Waals surface area contributed by atoms with Crippen molar-refractivity contribution in [2.75, 3.05) is 44.8 Å². The summed E-state index contributed by atoms with van der Waals surface area (Å²) in [6.07, 6.45) is 1.20.